The van der Waals surface area contributed by atoms with Crippen molar-refractivity contribution in [1.82, 2.24) is 5.12 Å². The van der Waals surface area contributed by atoms with E-state index < -0.39 is 0 Å². The van der Waals surface area contributed by atoms with Crippen LogP contribution >= 0.6 is 0 Å². The van der Waals surface area contributed by atoms with Gasteiger partial charge in [-0.3, -0.25) is 0 Å². The molecule has 110 valence electrons. The van der Waals surface area contributed by atoms with Crippen molar-refractivity contribution in [2.45, 2.75) is 84.0 Å². The number of hydrogen-bond acceptors (Lipinski definition) is 2. The van der Waals surface area contributed by atoms with E-state index in [9.17, 15) is 4.48 Å². The van der Waals surface area contributed by atoms with Crippen LogP contribution in [-0.4, -0.2) is 18.3 Å². The molecule has 3 heteroatoms. The van der Waals surface area contributed by atoms with Crippen molar-refractivity contribution in [3.63, 3.8) is 0 Å². The number of rotatable bonds is 14. The molecule has 0 saturated carbocycles. The van der Waals surface area contributed by atoms with Crippen LogP contribution in [0.2, 0.25) is 0 Å². The molecule has 0 aromatic heterocycles. The van der Waals surface area contributed by atoms with Gasteiger partial charge in [0.1, 0.15) is 0 Å². The van der Waals surface area contributed by atoms with Crippen LogP contribution in [0.1, 0.15) is 84.0 Å². The molecule has 0 spiro atoms. The Morgan fingerprint density at radius 3 is 1.50 bits per heavy atom. The van der Waals surface area contributed by atoms with Gasteiger partial charge >= 0.3 is 0 Å². The molecule has 0 aromatic carbocycles. The quantitative estimate of drug-likeness (QED) is 0.276. The molecule has 0 amide bonds. The molecule has 0 heterocycles. The largest absolute Gasteiger partial charge is 0.316 e. The van der Waals surface area contributed by atoms with Crippen LogP contribution in [0.5, 0.6) is 0 Å². The number of nitrogens with zero attached hydrogens (tertiary/aromatic N) is 1. The Labute approximate surface area is 113 Å². The fourth-order valence-electron chi connectivity index (χ4n) is 2.22. The van der Waals surface area contributed by atoms with Crippen LogP contribution in [0.25, 0.3) is 0 Å². The minimum atomic E-state index is 0.0258. The molecular weight excluding hydrogens is 227 g/mol. The standard InChI is InChI=1S/C15H33FN2/c1-2-3-4-5-6-7-8-9-10-11-12-13-14-18(16)15-17/h2-15,17H2,1H3. The summed E-state index contributed by atoms with van der Waals surface area (Å²) in [6.45, 7) is 2.78. The molecule has 2 N–H and O–H groups in total. The fourth-order valence-corrected chi connectivity index (χ4v) is 2.22. The smallest absolute Gasteiger partial charge is 0.0756 e. The van der Waals surface area contributed by atoms with Gasteiger partial charge in [-0.25, -0.2) is 0 Å². The van der Waals surface area contributed by atoms with Gasteiger partial charge in [-0.05, 0) is 6.42 Å². The SMILES string of the molecule is CCCCCCCCCCCCCCN(F)CN. The van der Waals surface area contributed by atoms with E-state index in [-0.39, 0.29) is 6.67 Å². The Morgan fingerprint density at radius 2 is 1.11 bits per heavy atom. The van der Waals surface area contributed by atoms with Crippen LogP contribution in [0.3, 0.4) is 0 Å². The topological polar surface area (TPSA) is 29.3 Å². The van der Waals surface area contributed by atoms with E-state index in [2.05, 4.69) is 6.92 Å². The summed E-state index contributed by atoms with van der Waals surface area (Å²) in [5, 5.41) is 0.691. The highest BCUT2D eigenvalue weighted by molar-refractivity contribution is 4.49. The second-order valence-electron chi connectivity index (χ2n) is 5.26. The van der Waals surface area contributed by atoms with Crippen LogP contribution in [0, 0.1) is 0 Å². The lowest BCUT2D eigenvalue weighted by Gasteiger charge is -2.07. The van der Waals surface area contributed by atoms with Gasteiger partial charge in [0.25, 0.3) is 0 Å². The number of nitrogens with two attached hydrogens (primary N) is 1. The highest BCUT2D eigenvalue weighted by atomic mass is 19.2. The van der Waals surface area contributed by atoms with E-state index in [0.29, 0.717) is 11.7 Å². The van der Waals surface area contributed by atoms with E-state index in [1.54, 1.807) is 0 Å². The summed E-state index contributed by atoms with van der Waals surface area (Å²) in [7, 11) is 0. The van der Waals surface area contributed by atoms with Crippen molar-refractivity contribution in [3.8, 4) is 0 Å². The van der Waals surface area contributed by atoms with Gasteiger partial charge in [0.2, 0.25) is 0 Å². The molecule has 0 aliphatic carbocycles. The first-order valence-corrected chi connectivity index (χ1v) is 7.92. The maximum Gasteiger partial charge on any atom is 0.0756 e. The van der Waals surface area contributed by atoms with Gasteiger partial charge in [0.15, 0.2) is 0 Å². The molecule has 0 radical (unpaired) electrons. The van der Waals surface area contributed by atoms with Crippen LogP contribution in [0.15, 0.2) is 0 Å². The highest BCUT2D eigenvalue weighted by Crippen LogP contribution is 2.11. The minimum Gasteiger partial charge on any atom is -0.316 e. The third kappa shape index (κ3) is 13.9. The molecule has 0 atom stereocenters. The molecule has 0 unspecified atom stereocenters. The van der Waals surface area contributed by atoms with Gasteiger partial charge in [-0.15, -0.1) is 9.60 Å². The Kier molecular flexibility index (Phi) is 14.8. The summed E-state index contributed by atoms with van der Waals surface area (Å²) in [6.07, 6.45) is 15.7. The van der Waals surface area contributed by atoms with E-state index in [0.717, 1.165) is 12.8 Å². The molecule has 2 nitrogen and oxygen atoms in total. The average Bonchev–Trinajstić information content (AvgIpc) is 2.39. The zero-order chi connectivity index (χ0) is 13.5. The molecule has 0 bridgehead atoms. The zero-order valence-electron chi connectivity index (χ0n) is 12.3. The van der Waals surface area contributed by atoms with Crippen LogP contribution in [-0.2, 0) is 0 Å². The molecule has 0 aliphatic heterocycles. The first-order valence-electron chi connectivity index (χ1n) is 7.92. The second kappa shape index (κ2) is 14.9. The van der Waals surface area contributed by atoms with E-state index >= 15 is 0 Å². The minimum absolute atomic E-state index is 0.0258. The molecule has 0 aliphatic rings. The maximum absolute atomic E-state index is 12.6. The lowest BCUT2D eigenvalue weighted by atomic mass is 10.1. The molecule has 0 saturated heterocycles. The van der Waals surface area contributed by atoms with Crippen molar-refractivity contribution in [3.05, 3.63) is 0 Å². The van der Waals surface area contributed by atoms with Crippen molar-refractivity contribution in [2.75, 3.05) is 13.2 Å². The number of unbranched alkanes of at least 4 members (excludes halogenated alkanes) is 11. The summed E-state index contributed by atoms with van der Waals surface area (Å²) in [5.74, 6) is 0. The first kappa shape index (κ1) is 17.8. The van der Waals surface area contributed by atoms with Crippen molar-refractivity contribution in [2.24, 2.45) is 5.73 Å². The Bertz CT molecular complexity index is 153. The van der Waals surface area contributed by atoms with Crippen molar-refractivity contribution in [1.29, 1.82) is 0 Å². The average molecular weight is 260 g/mol. The Morgan fingerprint density at radius 1 is 0.722 bits per heavy atom. The molecule has 0 aromatic rings. The normalized spacial score (nSPS) is 11.3. The highest BCUT2D eigenvalue weighted by Gasteiger charge is 1.98. The number of halogens is 1. The third-order valence-corrected chi connectivity index (χ3v) is 3.45. The van der Waals surface area contributed by atoms with Gasteiger partial charge < -0.3 is 5.73 Å². The van der Waals surface area contributed by atoms with Crippen molar-refractivity contribution < 1.29 is 4.48 Å². The Hall–Kier alpha value is -0.150. The predicted octanol–water partition coefficient (Wildman–Crippen LogP) is 4.79. The summed E-state index contributed by atoms with van der Waals surface area (Å²) >= 11 is 0. The van der Waals surface area contributed by atoms with Gasteiger partial charge in [0.05, 0.1) is 6.67 Å². The first-order chi connectivity index (χ1) is 8.81. The maximum atomic E-state index is 12.6. The second-order valence-corrected chi connectivity index (χ2v) is 5.26. The molecular formula is C15H33FN2. The summed E-state index contributed by atoms with van der Waals surface area (Å²) in [6, 6.07) is 0. The molecule has 0 rings (SSSR count). The van der Waals surface area contributed by atoms with E-state index in [1.807, 2.05) is 0 Å². The van der Waals surface area contributed by atoms with Gasteiger partial charge in [0, 0.05) is 6.54 Å². The lowest BCUT2D eigenvalue weighted by Crippen LogP contribution is -2.22. The lowest BCUT2D eigenvalue weighted by molar-refractivity contribution is 0.0266. The molecule has 0 fully saturated rings. The van der Waals surface area contributed by atoms with Crippen molar-refractivity contribution >= 4 is 0 Å². The van der Waals surface area contributed by atoms with Gasteiger partial charge in [-0.1, -0.05) is 77.6 Å². The predicted molar refractivity (Wildman–Crippen MR) is 77.9 cm³/mol. The summed E-state index contributed by atoms with van der Waals surface area (Å²) in [4.78, 5) is 0. The van der Waals surface area contributed by atoms with Crippen LogP contribution < -0.4 is 5.73 Å². The van der Waals surface area contributed by atoms with E-state index in [1.165, 1.54) is 64.2 Å². The number of hydrogen-bond donors (Lipinski definition) is 1. The molecule has 18 heavy (non-hydrogen) atoms. The van der Waals surface area contributed by atoms with Crippen LogP contribution in [0.4, 0.5) is 4.48 Å². The van der Waals surface area contributed by atoms with Gasteiger partial charge in [-0.2, -0.15) is 0 Å². The third-order valence-electron chi connectivity index (χ3n) is 3.45. The van der Waals surface area contributed by atoms with E-state index in [4.69, 9.17) is 5.73 Å². The monoisotopic (exact) mass is 260 g/mol. The zero-order valence-corrected chi connectivity index (χ0v) is 12.3. The summed E-state index contributed by atoms with van der Waals surface area (Å²) < 4.78 is 12.6. The Balaban J connectivity index is 2.94. The summed E-state index contributed by atoms with van der Waals surface area (Å²) in [5.41, 5.74) is 5.16. The fraction of sp³-hybridized carbons (Fsp3) is 1.00.